The summed E-state index contributed by atoms with van der Waals surface area (Å²) in [6, 6.07) is 7.56. The fraction of sp³-hybridized carbons (Fsp3) is 0.500. The van der Waals surface area contributed by atoms with Crippen molar-refractivity contribution in [2.75, 3.05) is 11.9 Å². The molecule has 1 aromatic carbocycles. The lowest BCUT2D eigenvalue weighted by Crippen LogP contribution is -2.45. The van der Waals surface area contributed by atoms with Crippen LogP contribution >= 0.6 is 0 Å². The highest BCUT2D eigenvalue weighted by atomic mass is 16.2. The summed E-state index contributed by atoms with van der Waals surface area (Å²) < 4.78 is 0. The molecule has 2 rings (SSSR count). The van der Waals surface area contributed by atoms with Crippen molar-refractivity contribution in [1.29, 1.82) is 0 Å². The van der Waals surface area contributed by atoms with Crippen LogP contribution in [0.4, 0.5) is 5.69 Å². The first-order valence-electron chi connectivity index (χ1n) is 7.33. The number of nitrogens with two attached hydrogens (primary N) is 1. The van der Waals surface area contributed by atoms with Gasteiger partial charge in [0.25, 0.3) is 0 Å². The minimum Gasteiger partial charge on any atom is -0.338 e. The highest BCUT2D eigenvalue weighted by Gasteiger charge is 2.22. The topological polar surface area (TPSA) is 75.4 Å². The van der Waals surface area contributed by atoms with Gasteiger partial charge in [0.1, 0.15) is 0 Å². The van der Waals surface area contributed by atoms with Gasteiger partial charge in [-0.05, 0) is 44.4 Å². The molecule has 1 heterocycles. The van der Waals surface area contributed by atoms with E-state index in [0.717, 1.165) is 24.9 Å². The van der Waals surface area contributed by atoms with E-state index in [9.17, 15) is 9.59 Å². The maximum Gasteiger partial charge on any atom is 0.243 e. The molecule has 5 heteroatoms. The van der Waals surface area contributed by atoms with E-state index in [1.165, 1.54) is 0 Å². The number of nitrogens with one attached hydrogen (secondary N) is 1. The second-order valence-electron chi connectivity index (χ2n) is 6.15. The molecule has 5 nitrogen and oxygen atoms in total. The summed E-state index contributed by atoms with van der Waals surface area (Å²) in [5, 5.41) is 2.80. The quantitative estimate of drug-likeness (QED) is 0.888. The van der Waals surface area contributed by atoms with E-state index in [-0.39, 0.29) is 11.8 Å². The number of rotatable bonds is 4. The Hall–Kier alpha value is -1.88. The standard InChI is InChI=1S/C16H23N3O2/c1-16(2,17)15(21)18-13-7-5-6-12(10-13)11-19-9-4-3-8-14(19)20/h5-7,10H,3-4,8-9,11,17H2,1-2H3,(H,18,21). The van der Waals surface area contributed by atoms with Crippen LogP contribution in [0.3, 0.4) is 0 Å². The second-order valence-corrected chi connectivity index (χ2v) is 6.15. The van der Waals surface area contributed by atoms with Gasteiger partial charge in [-0.25, -0.2) is 0 Å². The van der Waals surface area contributed by atoms with Crippen molar-refractivity contribution in [2.24, 2.45) is 5.73 Å². The molecule has 3 N–H and O–H groups in total. The van der Waals surface area contributed by atoms with Gasteiger partial charge in [0, 0.05) is 25.2 Å². The molecule has 1 fully saturated rings. The van der Waals surface area contributed by atoms with E-state index in [0.29, 0.717) is 18.7 Å². The molecule has 0 saturated carbocycles. The molecule has 1 saturated heterocycles. The number of carbonyl (C=O) groups is 2. The summed E-state index contributed by atoms with van der Waals surface area (Å²) in [5.41, 5.74) is 6.57. The van der Waals surface area contributed by atoms with E-state index in [1.807, 2.05) is 29.2 Å². The summed E-state index contributed by atoms with van der Waals surface area (Å²) in [5.74, 6) is -0.0209. The Kier molecular flexibility index (Phi) is 4.63. The van der Waals surface area contributed by atoms with Crippen molar-refractivity contribution >= 4 is 17.5 Å². The molecule has 0 aromatic heterocycles. The molecule has 1 aliphatic heterocycles. The molecular weight excluding hydrogens is 266 g/mol. The Morgan fingerprint density at radius 2 is 2.14 bits per heavy atom. The normalized spacial score (nSPS) is 16.0. The predicted molar refractivity (Wildman–Crippen MR) is 82.6 cm³/mol. The minimum atomic E-state index is -0.918. The number of hydrogen-bond donors (Lipinski definition) is 2. The Morgan fingerprint density at radius 3 is 2.81 bits per heavy atom. The Labute approximate surface area is 125 Å². The van der Waals surface area contributed by atoms with Gasteiger partial charge in [-0.2, -0.15) is 0 Å². The summed E-state index contributed by atoms with van der Waals surface area (Å²) in [7, 11) is 0. The van der Waals surface area contributed by atoms with E-state index < -0.39 is 5.54 Å². The van der Waals surface area contributed by atoms with Gasteiger partial charge in [0.2, 0.25) is 11.8 Å². The Balaban J connectivity index is 2.04. The lowest BCUT2D eigenvalue weighted by Gasteiger charge is -2.27. The largest absolute Gasteiger partial charge is 0.338 e. The highest BCUT2D eigenvalue weighted by molar-refractivity contribution is 5.97. The number of anilines is 1. The van der Waals surface area contributed by atoms with E-state index in [4.69, 9.17) is 5.73 Å². The predicted octanol–water partition coefficient (Wildman–Crippen LogP) is 1.87. The third-order valence-electron chi connectivity index (χ3n) is 3.56. The monoisotopic (exact) mass is 289 g/mol. The molecule has 1 aromatic rings. The van der Waals surface area contributed by atoms with Gasteiger partial charge in [0.05, 0.1) is 5.54 Å². The smallest absolute Gasteiger partial charge is 0.243 e. The van der Waals surface area contributed by atoms with Crippen LogP contribution in [0.5, 0.6) is 0 Å². The second kappa shape index (κ2) is 6.26. The number of amides is 2. The van der Waals surface area contributed by atoms with Crippen LogP contribution in [0.1, 0.15) is 38.7 Å². The number of carbonyl (C=O) groups excluding carboxylic acids is 2. The van der Waals surface area contributed by atoms with Crippen molar-refractivity contribution in [3.63, 3.8) is 0 Å². The fourth-order valence-corrected chi connectivity index (χ4v) is 2.29. The zero-order chi connectivity index (χ0) is 15.5. The number of nitrogens with zero attached hydrogens (tertiary/aromatic N) is 1. The fourth-order valence-electron chi connectivity index (χ4n) is 2.29. The average molecular weight is 289 g/mol. The van der Waals surface area contributed by atoms with E-state index in [2.05, 4.69) is 5.32 Å². The van der Waals surface area contributed by atoms with Gasteiger partial charge in [-0.1, -0.05) is 12.1 Å². The summed E-state index contributed by atoms with van der Waals surface area (Å²) in [4.78, 5) is 25.6. The van der Waals surface area contributed by atoms with Crippen LogP contribution in [0.25, 0.3) is 0 Å². The van der Waals surface area contributed by atoms with Gasteiger partial charge < -0.3 is 16.0 Å². The molecule has 114 valence electrons. The molecule has 0 radical (unpaired) electrons. The lowest BCUT2D eigenvalue weighted by molar-refractivity contribution is -0.133. The number of likely N-dealkylation sites (tertiary alicyclic amines) is 1. The number of piperidine rings is 1. The average Bonchev–Trinajstić information content (AvgIpc) is 2.41. The first-order chi connectivity index (χ1) is 9.86. The van der Waals surface area contributed by atoms with Crippen LogP contribution < -0.4 is 11.1 Å². The zero-order valence-electron chi connectivity index (χ0n) is 12.7. The Morgan fingerprint density at radius 1 is 1.38 bits per heavy atom. The SMILES string of the molecule is CC(C)(N)C(=O)Nc1cccc(CN2CCCCC2=O)c1. The summed E-state index contributed by atoms with van der Waals surface area (Å²) >= 11 is 0. The third-order valence-corrected chi connectivity index (χ3v) is 3.56. The van der Waals surface area contributed by atoms with Gasteiger partial charge in [-0.15, -0.1) is 0 Å². The van der Waals surface area contributed by atoms with E-state index >= 15 is 0 Å². The van der Waals surface area contributed by atoms with Crippen molar-refractivity contribution < 1.29 is 9.59 Å². The van der Waals surface area contributed by atoms with Gasteiger partial charge in [-0.3, -0.25) is 9.59 Å². The van der Waals surface area contributed by atoms with Gasteiger partial charge in [0.15, 0.2) is 0 Å². The van der Waals surface area contributed by atoms with E-state index in [1.54, 1.807) is 13.8 Å². The van der Waals surface area contributed by atoms with Crippen LogP contribution in [0.15, 0.2) is 24.3 Å². The molecule has 1 aliphatic rings. The third kappa shape index (κ3) is 4.29. The van der Waals surface area contributed by atoms with Crippen molar-refractivity contribution in [2.45, 2.75) is 45.2 Å². The van der Waals surface area contributed by atoms with Crippen molar-refractivity contribution in [1.82, 2.24) is 4.90 Å². The molecule has 2 amide bonds. The van der Waals surface area contributed by atoms with Crippen LogP contribution in [-0.4, -0.2) is 28.8 Å². The minimum absolute atomic E-state index is 0.207. The maximum atomic E-state index is 11.9. The Bertz CT molecular complexity index is 535. The number of benzene rings is 1. The lowest BCUT2D eigenvalue weighted by atomic mass is 10.1. The molecule has 0 bridgehead atoms. The number of hydrogen-bond acceptors (Lipinski definition) is 3. The summed E-state index contributed by atoms with van der Waals surface area (Å²) in [6.45, 7) is 4.73. The highest BCUT2D eigenvalue weighted by Crippen LogP contribution is 2.17. The first-order valence-corrected chi connectivity index (χ1v) is 7.33. The van der Waals surface area contributed by atoms with Crippen molar-refractivity contribution in [3.8, 4) is 0 Å². The molecule has 21 heavy (non-hydrogen) atoms. The van der Waals surface area contributed by atoms with Crippen LogP contribution in [0, 0.1) is 0 Å². The molecular formula is C16H23N3O2. The van der Waals surface area contributed by atoms with Crippen LogP contribution in [-0.2, 0) is 16.1 Å². The van der Waals surface area contributed by atoms with Crippen molar-refractivity contribution in [3.05, 3.63) is 29.8 Å². The van der Waals surface area contributed by atoms with Gasteiger partial charge >= 0.3 is 0 Å². The molecule has 0 unspecified atom stereocenters. The first kappa shape index (κ1) is 15.5. The summed E-state index contributed by atoms with van der Waals surface area (Å²) in [6.07, 6.45) is 2.68. The van der Waals surface area contributed by atoms with Crippen LogP contribution in [0.2, 0.25) is 0 Å². The molecule has 0 atom stereocenters. The zero-order valence-corrected chi connectivity index (χ0v) is 12.7. The molecule has 0 aliphatic carbocycles. The maximum absolute atomic E-state index is 11.9. The molecule has 0 spiro atoms.